The van der Waals surface area contributed by atoms with E-state index in [-0.39, 0.29) is 24.2 Å². The number of aromatic nitrogens is 3. The third kappa shape index (κ3) is 2.49. The maximum atomic E-state index is 11.6. The Labute approximate surface area is 112 Å². The Kier molecular flexibility index (Phi) is 3.26. The smallest absolute Gasteiger partial charge is 0.323 e. The van der Waals surface area contributed by atoms with Crippen LogP contribution in [-0.4, -0.2) is 38.9 Å². The Bertz CT molecular complexity index is 485. The van der Waals surface area contributed by atoms with Crippen molar-refractivity contribution in [2.45, 2.75) is 64.3 Å². The van der Waals surface area contributed by atoms with Crippen molar-refractivity contribution in [1.29, 1.82) is 0 Å². The number of hydrogen-bond acceptors (Lipinski definition) is 5. The van der Waals surface area contributed by atoms with Gasteiger partial charge in [-0.1, -0.05) is 6.92 Å². The molecule has 1 saturated heterocycles. The van der Waals surface area contributed by atoms with Gasteiger partial charge in [0.05, 0.1) is 6.54 Å². The van der Waals surface area contributed by atoms with Crippen LogP contribution in [-0.2, 0) is 28.9 Å². The highest BCUT2D eigenvalue weighted by Gasteiger charge is 2.34. The molecule has 6 heteroatoms. The highest BCUT2D eigenvalue weighted by Crippen LogP contribution is 2.18. The lowest BCUT2D eigenvalue weighted by Gasteiger charge is -2.25. The van der Waals surface area contributed by atoms with Crippen molar-refractivity contribution in [2.24, 2.45) is 0 Å². The average Bonchev–Trinajstić information content (AvgIpc) is 2.92. The fourth-order valence-electron chi connectivity index (χ4n) is 2.82. The second-order valence-electron chi connectivity index (χ2n) is 5.42. The zero-order valence-corrected chi connectivity index (χ0v) is 11.4. The zero-order valence-electron chi connectivity index (χ0n) is 11.4. The van der Waals surface area contributed by atoms with Crippen LogP contribution in [0.5, 0.6) is 0 Å². The normalized spacial score (nSPS) is 30.2. The number of hydrogen-bond donors (Lipinski definition) is 1. The third-order valence-corrected chi connectivity index (χ3v) is 3.82. The summed E-state index contributed by atoms with van der Waals surface area (Å²) in [7, 11) is 0. The SMILES string of the molecule is CCc1nc2n(n1)C[C@H](N[C@H]1C[C@@H](C)OC1=O)CC2. The van der Waals surface area contributed by atoms with E-state index in [1.807, 2.05) is 11.6 Å². The van der Waals surface area contributed by atoms with Crippen LogP contribution in [0.15, 0.2) is 0 Å². The molecule has 104 valence electrons. The van der Waals surface area contributed by atoms with E-state index >= 15 is 0 Å². The predicted molar refractivity (Wildman–Crippen MR) is 68.6 cm³/mol. The molecule has 2 aliphatic heterocycles. The van der Waals surface area contributed by atoms with E-state index in [1.165, 1.54) is 0 Å². The minimum Gasteiger partial charge on any atom is -0.461 e. The van der Waals surface area contributed by atoms with Crippen molar-refractivity contribution < 1.29 is 9.53 Å². The summed E-state index contributed by atoms with van der Waals surface area (Å²) in [6.45, 7) is 4.79. The van der Waals surface area contributed by atoms with E-state index < -0.39 is 0 Å². The number of cyclic esters (lactones) is 1. The number of nitrogens with zero attached hydrogens (tertiary/aromatic N) is 3. The van der Waals surface area contributed by atoms with Crippen LogP contribution < -0.4 is 5.32 Å². The Morgan fingerprint density at radius 2 is 2.37 bits per heavy atom. The standard InChI is InChI=1S/C13H20N4O2/c1-3-11-15-12-5-4-9(7-17(12)16-11)14-10-6-8(2)19-13(10)18/h8-10,14H,3-7H2,1-2H3/t8-,9-,10+/m1/s1. The van der Waals surface area contributed by atoms with Crippen LogP contribution in [0.4, 0.5) is 0 Å². The Hall–Kier alpha value is -1.43. The van der Waals surface area contributed by atoms with E-state index in [2.05, 4.69) is 22.3 Å². The van der Waals surface area contributed by atoms with Gasteiger partial charge in [-0.25, -0.2) is 9.67 Å². The molecule has 0 radical (unpaired) electrons. The molecule has 0 spiro atoms. The first kappa shape index (κ1) is 12.6. The molecule has 1 N–H and O–H groups in total. The molecule has 0 saturated carbocycles. The molecule has 1 aromatic heterocycles. The van der Waals surface area contributed by atoms with E-state index in [4.69, 9.17) is 4.74 Å². The molecule has 19 heavy (non-hydrogen) atoms. The molecule has 3 heterocycles. The molecule has 1 fully saturated rings. The van der Waals surface area contributed by atoms with Crippen molar-refractivity contribution in [3.8, 4) is 0 Å². The number of carbonyl (C=O) groups excluding carboxylic acids is 1. The van der Waals surface area contributed by atoms with Crippen LogP contribution in [0.3, 0.4) is 0 Å². The number of ether oxygens (including phenoxy) is 1. The molecule has 0 unspecified atom stereocenters. The van der Waals surface area contributed by atoms with Crippen molar-refractivity contribution >= 4 is 5.97 Å². The number of carbonyl (C=O) groups is 1. The molecule has 3 atom stereocenters. The first-order valence-electron chi connectivity index (χ1n) is 7.05. The van der Waals surface area contributed by atoms with Gasteiger partial charge in [0, 0.05) is 25.3 Å². The lowest BCUT2D eigenvalue weighted by Crippen LogP contribution is -2.45. The van der Waals surface area contributed by atoms with Gasteiger partial charge in [0.15, 0.2) is 5.82 Å². The van der Waals surface area contributed by atoms with Crippen molar-refractivity contribution in [3.05, 3.63) is 11.6 Å². The van der Waals surface area contributed by atoms with Crippen molar-refractivity contribution in [1.82, 2.24) is 20.1 Å². The molecule has 2 aliphatic rings. The van der Waals surface area contributed by atoms with Gasteiger partial charge in [-0.05, 0) is 13.3 Å². The lowest BCUT2D eigenvalue weighted by atomic mass is 10.1. The van der Waals surface area contributed by atoms with Crippen LogP contribution in [0.1, 0.15) is 38.3 Å². The molecule has 3 rings (SSSR count). The number of esters is 1. The topological polar surface area (TPSA) is 69.0 Å². The fraction of sp³-hybridized carbons (Fsp3) is 0.769. The van der Waals surface area contributed by atoms with Gasteiger partial charge in [-0.3, -0.25) is 10.1 Å². The molecule has 0 aromatic carbocycles. The van der Waals surface area contributed by atoms with E-state index in [1.54, 1.807) is 0 Å². The number of fused-ring (bicyclic) bond motifs is 1. The third-order valence-electron chi connectivity index (χ3n) is 3.82. The van der Waals surface area contributed by atoms with Crippen LogP contribution in [0.25, 0.3) is 0 Å². The molecule has 1 aromatic rings. The summed E-state index contributed by atoms with van der Waals surface area (Å²) in [6, 6.07) is 0.123. The summed E-state index contributed by atoms with van der Waals surface area (Å²) >= 11 is 0. The molecule has 6 nitrogen and oxygen atoms in total. The van der Waals surface area contributed by atoms with Crippen LogP contribution >= 0.6 is 0 Å². The van der Waals surface area contributed by atoms with Crippen molar-refractivity contribution in [3.63, 3.8) is 0 Å². The summed E-state index contributed by atoms with van der Waals surface area (Å²) in [5.41, 5.74) is 0. The van der Waals surface area contributed by atoms with E-state index in [0.29, 0.717) is 0 Å². The molecule has 0 amide bonds. The lowest BCUT2D eigenvalue weighted by molar-refractivity contribution is -0.142. The number of aryl methyl sites for hydroxylation is 2. The van der Waals surface area contributed by atoms with E-state index in [9.17, 15) is 4.79 Å². The second kappa shape index (κ2) is 4.92. The molecular formula is C13H20N4O2. The van der Waals surface area contributed by atoms with Gasteiger partial charge in [-0.2, -0.15) is 5.10 Å². The van der Waals surface area contributed by atoms with Gasteiger partial charge in [0.25, 0.3) is 0 Å². The second-order valence-corrected chi connectivity index (χ2v) is 5.42. The fourth-order valence-corrected chi connectivity index (χ4v) is 2.82. The van der Waals surface area contributed by atoms with Crippen molar-refractivity contribution in [2.75, 3.05) is 0 Å². The van der Waals surface area contributed by atoms with Crippen LogP contribution in [0, 0.1) is 0 Å². The van der Waals surface area contributed by atoms with Gasteiger partial charge in [-0.15, -0.1) is 0 Å². The Balaban J connectivity index is 1.64. The molecule has 0 aliphatic carbocycles. The highest BCUT2D eigenvalue weighted by atomic mass is 16.6. The summed E-state index contributed by atoms with van der Waals surface area (Å²) in [4.78, 5) is 16.1. The molecular weight excluding hydrogens is 244 g/mol. The summed E-state index contributed by atoms with van der Waals surface area (Å²) < 4.78 is 7.15. The van der Waals surface area contributed by atoms with Gasteiger partial charge in [0.1, 0.15) is 18.0 Å². The summed E-state index contributed by atoms with van der Waals surface area (Å²) in [5.74, 6) is 1.85. The summed E-state index contributed by atoms with van der Waals surface area (Å²) in [6.07, 6.45) is 3.58. The first-order valence-corrected chi connectivity index (χ1v) is 7.05. The van der Waals surface area contributed by atoms with Gasteiger partial charge in [0.2, 0.25) is 0 Å². The summed E-state index contributed by atoms with van der Waals surface area (Å²) in [5, 5.41) is 7.88. The average molecular weight is 264 g/mol. The van der Waals surface area contributed by atoms with Gasteiger partial charge < -0.3 is 4.74 Å². The number of rotatable bonds is 3. The minimum absolute atomic E-state index is 0.0298. The quantitative estimate of drug-likeness (QED) is 0.803. The maximum Gasteiger partial charge on any atom is 0.323 e. The largest absolute Gasteiger partial charge is 0.461 e. The number of nitrogens with one attached hydrogen (secondary N) is 1. The highest BCUT2D eigenvalue weighted by molar-refractivity contribution is 5.77. The van der Waals surface area contributed by atoms with Gasteiger partial charge >= 0.3 is 5.97 Å². The predicted octanol–water partition coefficient (Wildman–Crippen LogP) is 0.449. The first-order chi connectivity index (χ1) is 9.15. The van der Waals surface area contributed by atoms with Crippen LogP contribution in [0.2, 0.25) is 0 Å². The Morgan fingerprint density at radius 1 is 1.53 bits per heavy atom. The zero-order chi connectivity index (χ0) is 13.4. The minimum atomic E-state index is -0.157. The van der Waals surface area contributed by atoms with E-state index in [0.717, 1.165) is 43.9 Å². The maximum absolute atomic E-state index is 11.6. The Morgan fingerprint density at radius 3 is 3.05 bits per heavy atom. The molecule has 0 bridgehead atoms. The monoisotopic (exact) mass is 264 g/mol.